The zero-order valence-corrected chi connectivity index (χ0v) is 16.8. The first-order chi connectivity index (χ1) is 11.2. The summed E-state index contributed by atoms with van der Waals surface area (Å²) in [7, 11) is -0.746. The number of hydrogen-bond donors (Lipinski definition) is 1. The fraction of sp³-hybridized carbons (Fsp3) is 1.00. The highest BCUT2D eigenvalue weighted by Gasteiger charge is 2.40. The molecule has 0 saturated carbocycles. The molecule has 0 bridgehead atoms. The third kappa shape index (κ3) is 11.2. The van der Waals surface area contributed by atoms with Crippen LogP contribution < -0.4 is 5.73 Å². The van der Waals surface area contributed by atoms with Gasteiger partial charge < -0.3 is 23.7 Å². The lowest BCUT2D eigenvalue weighted by molar-refractivity contribution is 0.0692. The highest BCUT2D eigenvalue weighted by molar-refractivity contribution is 6.60. The molecule has 1 unspecified atom stereocenters. The van der Waals surface area contributed by atoms with Gasteiger partial charge in [0.05, 0.1) is 0 Å². The first-order valence-electron chi connectivity index (χ1n) is 9.28. The van der Waals surface area contributed by atoms with E-state index in [4.69, 9.17) is 23.7 Å². The Morgan fingerprint density at radius 1 is 0.826 bits per heavy atom. The molecule has 0 radical (unpaired) electrons. The van der Waals surface area contributed by atoms with Gasteiger partial charge in [-0.15, -0.1) is 0 Å². The van der Waals surface area contributed by atoms with Gasteiger partial charge in [0, 0.05) is 39.6 Å². The van der Waals surface area contributed by atoms with Crippen LogP contribution in [0.3, 0.4) is 0 Å². The molecule has 0 rings (SSSR count). The van der Waals surface area contributed by atoms with Gasteiger partial charge in [0.1, 0.15) is 0 Å². The normalized spacial score (nSPS) is 13.4. The van der Waals surface area contributed by atoms with E-state index in [1.165, 1.54) is 19.3 Å². The van der Waals surface area contributed by atoms with Crippen molar-refractivity contribution in [2.24, 2.45) is 11.7 Å². The molecule has 1 atom stereocenters. The maximum Gasteiger partial charge on any atom is 0.500 e. The zero-order valence-electron chi connectivity index (χ0n) is 15.8. The number of rotatable bonds is 17. The Labute approximate surface area is 144 Å². The lowest BCUT2D eigenvalue weighted by atomic mass is 9.94. The highest BCUT2D eigenvalue weighted by Crippen LogP contribution is 2.26. The molecule has 0 aromatic carbocycles. The van der Waals surface area contributed by atoms with Gasteiger partial charge in [0.2, 0.25) is 0 Å². The fourth-order valence-electron chi connectivity index (χ4n) is 2.90. The first-order valence-corrected chi connectivity index (χ1v) is 11.2. The van der Waals surface area contributed by atoms with Crippen LogP contribution in [0.25, 0.3) is 0 Å². The summed E-state index contributed by atoms with van der Waals surface area (Å²) in [5, 5.41) is 0. The molecule has 6 heteroatoms. The van der Waals surface area contributed by atoms with Crippen molar-refractivity contribution < 1.29 is 18.0 Å². The van der Waals surface area contributed by atoms with E-state index in [9.17, 15) is 0 Å². The third-order valence-electron chi connectivity index (χ3n) is 3.98. The van der Waals surface area contributed by atoms with E-state index >= 15 is 0 Å². The van der Waals surface area contributed by atoms with Crippen molar-refractivity contribution in [3.8, 4) is 0 Å². The van der Waals surface area contributed by atoms with E-state index in [-0.39, 0.29) is 0 Å². The second kappa shape index (κ2) is 15.5. The van der Waals surface area contributed by atoms with Gasteiger partial charge >= 0.3 is 8.80 Å². The first kappa shape index (κ1) is 23.0. The Bertz CT molecular complexity index is 240. The van der Waals surface area contributed by atoms with Crippen LogP contribution in [-0.2, 0) is 18.0 Å². The molecular weight excluding hydrogens is 310 g/mol. The quantitative estimate of drug-likeness (QED) is 0.321. The van der Waals surface area contributed by atoms with Crippen LogP contribution in [-0.4, -0.2) is 48.9 Å². The van der Waals surface area contributed by atoms with Crippen molar-refractivity contribution in [3.63, 3.8) is 0 Å². The van der Waals surface area contributed by atoms with Crippen LogP contribution in [0.5, 0.6) is 0 Å². The van der Waals surface area contributed by atoms with E-state index < -0.39 is 8.80 Å². The summed E-state index contributed by atoms with van der Waals surface area (Å²) in [6, 6.07) is 0.905. The summed E-state index contributed by atoms with van der Waals surface area (Å²) in [6.07, 6.45) is 6.91. The highest BCUT2D eigenvalue weighted by atomic mass is 28.4. The van der Waals surface area contributed by atoms with E-state index in [1.807, 2.05) is 20.8 Å². The molecular formula is C17H39NO4Si. The second-order valence-corrected chi connectivity index (χ2v) is 8.54. The molecule has 0 heterocycles. The third-order valence-corrected chi connectivity index (χ3v) is 7.07. The summed E-state index contributed by atoms with van der Waals surface area (Å²) in [4.78, 5) is 0. The van der Waals surface area contributed by atoms with E-state index in [0.717, 1.165) is 38.5 Å². The Balaban J connectivity index is 4.52. The standard InChI is InChI=1S/C17H39NO4Si/c1-5-20-23(21-6-2,22-7-3)16-13-17(12-10-14-18)11-8-9-15-19-4/h17H,5-16,18H2,1-4H3. The van der Waals surface area contributed by atoms with E-state index in [2.05, 4.69) is 0 Å². The summed E-state index contributed by atoms with van der Waals surface area (Å²) in [5.74, 6) is 0.670. The van der Waals surface area contributed by atoms with Gasteiger partial charge in [0.25, 0.3) is 0 Å². The number of nitrogens with two attached hydrogens (primary N) is 1. The number of ether oxygens (including phenoxy) is 1. The number of unbranched alkanes of at least 4 members (excludes halogenated alkanes) is 1. The van der Waals surface area contributed by atoms with Gasteiger partial charge in [-0.1, -0.05) is 12.8 Å². The molecule has 0 aliphatic heterocycles. The lowest BCUT2D eigenvalue weighted by Crippen LogP contribution is -2.46. The van der Waals surface area contributed by atoms with Crippen molar-refractivity contribution in [1.29, 1.82) is 0 Å². The van der Waals surface area contributed by atoms with Crippen LogP contribution in [0.1, 0.15) is 59.3 Å². The lowest BCUT2D eigenvalue weighted by Gasteiger charge is -2.30. The minimum atomic E-state index is -2.51. The molecule has 0 aliphatic carbocycles. The summed E-state index contributed by atoms with van der Waals surface area (Å²) in [6.45, 7) is 9.58. The van der Waals surface area contributed by atoms with E-state index in [1.54, 1.807) is 7.11 Å². The zero-order chi connectivity index (χ0) is 17.4. The van der Waals surface area contributed by atoms with Gasteiger partial charge in [0.15, 0.2) is 0 Å². The molecule has 0 spiro atoms. The van der Waals surface area contributed by atoms with E-state index in [0.29, 0.717) is 25.7 Å². The van der Waals surface area contributed by atoms with Crippen LogP contribution in [0.15, 0.2) is 0 Å². The Hall–Kier alpha value is 0.0169. The van der Waals surface area contributed by atoms with Crippen molar-refractivity contribution in [2.45, 2.75) is 65.3 Å². The molecule has 2 N–H and O–H groups in total. The SMILES string of the molecule is CCO[Si](CCC(CCCN)CCCCOC)(OCC)OCC. The summed E-state index contributed by atoms with van der Waals surface area (Å²) in [5.41, 5.74) is 5.69. The molecule has 23 heavy (non-hydrogen) atoms. The molecule has 0 saturated heterocycles. The van der Waals surface area contributed by atoms with Crippen molar-refractivity contribution in [1.82, 2.24) is 0 Å². The Kier molecular flexibility index (Phi) is 15.6. The number of methoxy groups -OCH3 is 1. The van der Waals surface area contributed by atoms with Crippen molar-refractivity contribution in [3.05, 3.63) is 0 Å². The Morgan fingerprint density at radius 3 is 1.87 bits per heavy atom. The maximum atomic E-state index is 5.96. The fourth-order valence-corrected chi connectivity index (χ4v) is 5.67. The van der Waals surface area contributed by atoms with Crippen molar-refractivity contribution >= 4 is 8.80 Å². The summed E-state index contributed by atoms with van der Waals surface area (Å²) < 4.78 is 23.0. The molecule has 0 aromatic rings. The molecule has 0 aromatic heterocycles. The molecule has 0 fully saturated rings. The maximum absolute atomic E-state index is 5.96. The average molecular weight is 350 g/mol. The predicted molar refractivity (Wildman–Crippen MR) is 97.6 cm³/mol. The molecule has 0 aliphatic rings. The molecule has 5 nitrogen and oxygen atoms in total. The number of hydrogen-bond acceptors (Lipinski definition) is 5. The second-order valence-electron chi connectivity index (χ2n) is 5.81. The molecule has 0 amide bonds. The largest absolute Gasteiger partial charge is 0.500 e. The van der Waals surface area contributed by atoms with Crippen molar-refractivity contribution in [2.75, 3.05) is 40.1 Å². The van der Waals surface area contributed by atoms with Gasteiger partial charge in [-0.3, -0.25) is 0 Å². The van der Waals surface area contributed by atoms with Crippen LogP contribution in [0, 0.1) is 5.92 Å². The molecule has 140 valence electrons. The monoisotopic (exact) mass is 349 g/mol. The van der Waals surface area contributed by atoms with Crippen LogP contribution in [0.2, 0.25) is 6.04 Å². The van der Waals surface area contributed by atoms with Crippen LogP contribution in [0.4, 0.5) is 0 Å². The van der Waals surface area contributed by atoms with Crippen LogP contribution >= 0.6 is 0 Å². The minimum absolute atomic E-state index is 0.646. The average Bonchev–Trinajstić information content (AvgIpc) is 2.54. The minimum Gasteiger partial charge on any atom is -0.385 e. The van der Waals surface area contributed by atoms with Gasteiger partial charge in [-0.05, 0) is 58.9 Å². The summed E-state index contributed by atoms with van der Waals surface area (Å²) >= 11 is 0. The Morgan fingerprint density at radius 2 is 1.39 bits per heavy atom. The van der Waals surface area contributed by atoms with Gasteiger partial charge in [-0.25, -0.2) is 0 Å². The smallest absolute Gasteiger partial charge is 0.385 e. The predicted octanol–water partition coefficient (Wildman–Crippen LogP) is 3.60. The topological polar surface area (TPSA) is 62.9 Å². The van der Waals surface area contributed by atoms with Gasteiger partial charge in [-0.2, -0.15) is 0 Å².